The van der Waals surface area contributed by atoms with Gasteiger partial charge in [0.15, 0.2) is 11.9 Å². The fourth-order valence-corrected chi connectivity index (χ4v) is 2.74. The van der Waals surface area contributed by atoms with Crippen LogP contribution in [0.4, 0.5) is 0 Å². The molecule has 0 aromatic heterocycles. The van der Waals surface area contributed by atoms with Crippen molar-refractivity contribution in [3.8, 4) is 0 Å². The van der Waals surface area contributed by atoms with E-state index in [0.717, 1.165) is 5.56 Å². The zero-order chi connectivity index (χ0) is 15.2. The van der Waals surface area contributed by atoms with Crippen molar-refractivity contribution in [2.45, 2.75) is 44.1 Å². The molecule has 114 valence electrons. The van der Waals surface area contributed by atoms with E-state index in [2.05, 4.69) is 0 Å². The zero-order valence-electron chi connectivity index (χ0n) is 11.6. The molecular weight excluding hydrogens is 276 g/mol. The van der Waals surface area contributed by atoms with Gasteiger partial charge in [0.2, 0.25) is 6.29 Å². The topological polar surface area (TPSA) is 96.2 Å². The van der Waals surface area contributed by atoms with Crippen LogP contribution < -0.4 is 0 Å². The van der Waals surface area contributed by atoms with E-state index in [1.807, 2.05) is 0 Å². The van der Waals surface area contributed by atoms with Crippen LogP contribution in [0.5, 0.6) is 0 Å². The second kappa shape index (κ2) is 5.06. The van der Waals surface area contributed by atoms with Crippen molar-refractivity contribution in [3.63, 3.8) is 0 Å². The molecular formula is C15H18O6. The maximum atomic E-state index is 12.2. The van der Waals surface area contributed by atoms with Crippen LogP contribution in [0.3, 0.4) is 0 Å². The number of carbonyl (C=O) groups excluding carboxylic acids is 1. The van der Waals surface area contributed by atoms with Gasteiger partial charge in [-0.15, -0.1) is 0 Å². The molecule has 0 amide bonds. The Bertz CT molecular complexity index is 555. The smallest absolute Gasteiger partial charge is 0.340 e. The number of carbonyl (C=O) groups is 1. The summed E-state index contributed by atoms with van der Waals surface area (Å²) in [4.78, 5) is 12.2. The average molecular weight is 294 g/mol. The molecule has 0 radical (unpaired) electrons. The van der Waals surface area contributed by atoms with Crippen LogP contribution in [0.1, 0.15) is 28.8 Å². The number of aliphatic hydroxyl groups is 3. The van der Waals surface area contributed by atoms with Crippen molar-refractivity contribution in [2.24, 2.45) is 5.92 Å². The summed E-state index contributed by atoms with van der Waals surface area (Å²) in [5.74, 6) is -0.891. The van der Waals surface area contributed by atoms with Gasteiger partial charge >= 0.3 is 5.97 Å². The summed E-state index contributed by atoms with van der Waals surface area (Å²) < 4.78 is 10.2. The molecule has 1 aliphatic heterocycles. The SMILES string of the molecule is Cc1ccccc1C(=O)O[C@H]1O[C@H](O)[C@H](O)[C@@]1(O)C1CC1. The highest BCUT2D eigenvalue weighted by Gasteiger charge is 2.64. The van der Waals surface area contributed by atoms with Gasteiger partial charge in [0.05, 0.1) is 5.56 Å². The van der Waals surface area contributed by atoms with Crippen LogP contribution in [-0.2, 0) is 9.47 Å². The third kappa shape index (κ3) is 2.34. The standard InChI is InChI=1S/C15H18O6/c1-8-4-2-3-5-10(8)12(17)20-14-15(19,9-6-7-9)11(16)13(18)21-14/h2-5,9,11,13-14,16,18-19H,6-7H2,1H3/t11-,13-,14-,15-/m0/s1. The highest BCUT2D eigenvalue weighted by Crippen LogP contribution is 2.48. The number of aryl methyl sites for hydroxylation is 1. The molecule has 0 unspecified atom stereocenters. The molecule has 4 atom stereocenters. The summed E-state index contributed by atoms with van der Waals surface area (Å²) in [6, 6.07) is 6.88. The summed E-state index contributed by atoms with van der Waals surface area (Å²) >= 11 is 0. The van der Waals surface area contributed by atoms with E-state index in [1.54, 1.807) is 31.2 Å². The Morgan fingerprint density at radius 3 is 2.62 bits per heavy atom. The van der Waals surface area contributed by atoms with Crippen molar-refractivity contribution in [3.05, 3.63) is 35.4 Å². The fourth-order valence-electron chi connectivity index (χ4n) is 2.74. The molecule has 2 fully saturated rings. The molecule has 21 heavy (non-hydrogen) atoms. The summed E-state index contributed by atoms with van der Waals surface area (Å²) in [5, 5.41) is 30.1. The van der Waals surface area contributed by atoms with E-state index in [0.29, 0.717) is 18.4 Å². The largest absolute Gasteiger partial charge is 0.429 e. The number of hydrogen-bond donors (Lipinski definition) is 3. The lowest BCUT2D eigenvalue weighted by Crippen LogP contribution is -2.51. The summed E-state index contributed by atoms with van der Waals surface area (Å²) in [5.41, 5.74) is -0.663. The minimum Gasteiger partial charge on any atom is -0.429 e. The van der Waals surface area contributed by atoms with Gasteiger partial charge in [-0.1, -0.05) is 18.2 Å². The number of ether oxygens (including phenoxy) is 2. The second-order valence-electron chi connectivity index (χ2n) is 5.69. The molecule has 1 saturated carbocycles. The van der Waals surface area contributed by atoms with Crippen LogP contribution in [0, 0.1) is 12.8 Å². The molecule has 1 saturated heterocycles. The Labute approximate surface area is 121 Å². The molecule has 1 aromatic rings. The predicted octanol–water partition coefficient (Wildman–Crippen LogP) is 0.329. The molecule has 6 nitrogen and oxygen atoms in total. The highest BCUT2D eigenvalue weighted by atomic mass is 16.8. The monoisotopic (exact) mass is 294 g/mol. The van der Waals surface area contributed by atoms with Crippen molar-refractivity contribution >= 4 is 5.97 Å². The molecule has 2 aliphatic rings. The van der Waals surface area contributed by atoms with Crippen LogP contribution in [-0.4, -0.2) is 45.6 Å². The maximum absolute atomic E-state index is 12.2. The normalized spacial score (nSPS) is 35.7. The first-order valence-corrected chi connectivity index (χ1v) is 6.95. The average Bonchev–Trinajstić information content (AvgIpc) is 3.27. The minimum absolute atomic E-state index is 0.237. The highest BCUT2D eigenvalue weighted by molar-refractivity contribution is 5.91. The number of aliphatic hydroxyl groups excluding tert-OH is 2. The fraction of sp³-hybridized carbons (Fsp3) is 0.533. The molecule has 0 spiro atoms. The molecule has 6 heteroatoms. The Morgan fingerprint density at radius 2 is 2.00 bits per heavy atom. The van der Waals surface area contributed by atoms with Crippen molar-refractivity contribution in [1.82, 2.24) is 0 Å². The first kappa shape index (κ1) is 14.5. The van der Waals surface area contributed by atoms with Crippen LogP contribution in [0.2, 0.25) is 0 Å². The summed E-state index contributed by atoms with van der Waals surface area (Å²) in [7, 11) is 0. The molecule has 1 aromatic carbocycles. The van der Waals surface area contributed by atoms with Crippen LogP contribution >= 0.6 is 0 Å². The molecule has 3 N–H and O–H groups in total. The first-order chi connectivity index (χ1) is 9.94. The molecule has 1 aliphatic carbocycles. The van der Waals surface area contributed by atoms with Crippen molar-refractivity contribution in [1.29, 1.82) is 0 Å². The zero-order valence-corrected chi connectivity index (χ0v) is 11.6. The summed E-state index contributed by atoms with van der Waals surface area (Å²) in [6.07, 6.45) is -3.03. The molecule has 1 heterocycles. The maximum Gasteiger partial charge on any atom is 0.340 e. The van der Waals surface area contributed by atoms with E-state index in [1.165, 1.54) is 0 Å². The lowest BCUT2D eigenvalue weighted by atomic mass is 9.92. The Balaban J connectivity index is 1.81. The third-order valence-corrected chi connectivity index (χ3v) is 4.19. The number of rotatable bonds is 3. The van der Waals surface area contributed by atoms with Crippen molar-refractivity contribution in [2.75, 3.05) is 0 Å². The Hall–Kier alpha value is -1.47. The first-order valence-electron chi connectivity index (χ1n) is 6.95. The summed E-state index contributed by atoms with van der Waals surface area (Å²) in [6.45, 7) is 1.77. The number of esters is 1. The quantitative estimate of drug-likeness (QED) is 0.695. The van der Waals surface area contributed by atoms with E-state index in [9.17, 15) is 20.1 Å². The van der Waals surface area contributed by atoms with Gasteiger partial charge in [0.1, 0.15) is 6.10 Å². The minimum atomic E-state index is -1.75. The van der Waals surface area contributed by atoms with Gasteiger partial charge in [-0.25, -0.2) is 4.79 Å². The lowest BCUT2D eigenvalue weighted by molar-refractivity contribution is -0.203. The van der Waals surface area contributed by atoms with Gasteiger partial charge in [-0.05, 0) is 37.3 Å². The van der Waals surface area contributed by atoms with E-state index in [4.69, 9.17) is 9.47 Å². The van der Waals surface area contributed by atoms with Gasteiger partial charge in [0.25, 0.3) is 0 Å². The van der Waals surface area contributed by atoms with Gasteiger partial charge in [-0.2, -0.15) is 0 Å². The van der Waals surface area contributed by atoms with E-state index in [-0.39, 0.29) is 5.92 Å². The van der Waals surface area contributed by atoms with Gasteiger partial charge < -0.3 is 24.8 Å². The van der Waals surface area contributed by atoms with E-state index < -0.39 is 30.3 Å². The predicted molar refractivity (Wildman–Crippen MR) is 71.2 cm³/mol. The van der Waals surface area contributed by atoms with E-state index >= 15 is 0 Å². The molecule has 3 rings (SSSR count). The lowest BCUT2D eigenvalue weighted by Gasteiger charge is -2.30. The van der Waals surface area contributed by atoms with Crippen LogP contribution in [0.25, 0.3) is 0 Å². The van der Waals surface area contributed by atoms with Gasteiger partial charge in [0, 0.05) is 0 Å². The van der Waals surface area contributed by atoms with Gasteiger partial charge in [-0.3, -0.25) is 0 Å². The number of benzene rings is 1. The Morgan fingerprint density at radius 1 is 1.33 bits per heavy atom. The molecule has 0 bridgehead atoms. The van der Waals surface area contributed by atoms with Crippen molar-refractivity contribution < 1.29 is 29.6 Å². The Kier molecular flexibility index (Phi) is 3.49. The second-order valence-corrected chi connectivity index (χ2v) is 5.69. The van der Waals surface area contributed by atoms with Crippen LogP contribution in [0.15, 0.2) is 24.3 Å². The third-order valence-electron chi connectivity index (χ3n) is 4.19. The number of hydrogen-bond acceptors (Lipinski definition) is 6.